The normalized spacial score (nSPS) is 18.9. The first-order chi connectivity index (χ1) is 20.8. The van der Waals surface area contributed by atoms with Crippen molar-refractivity contribution in [1.29, 1.82) is 5.41 Å². The maximum atomic E-state index is 14.8. The minimum Gasteiger partial charge on any atom is -0.366 e. The SMILES string of the molecule is N=C(Cc1ccc(F)c(C(=O)N2CCN(C(=O)CN3CCC(CN4CCNCC4)CC3)CC2)c1)c1ccccc1C(N)=O. The van der Waals surface area contributed by atoms with E-state index in [1.165, 1.54) is 18.2 Å². The molecular weight excluding hydrogens is 549 g/mol. The molecule has 230 valence electrons. The standard InChI is InChI=1S/C32H42FN7O3/c33-28-6-5-24(20-29(34)25-3-1-2-4-26(25)31(35)42)19-27(28)32(43)40-17-15-39(16-18-40)30(41)22-37-11-7-23(8-12-37)21-38-13-9-36-10-14-38/h1-6,19,23,34,36H,7-18,20-22H2,(H2,35,42). The van der Waals surface area contributed by atoms with Gasteiger partial charge < -0.3 is 31.2 Å². The maximum Gasteiger partial charge on any atom is 0.256 e. The first-order valence-corrected chi connectivity index (χ1v) is 15.3. The first kappa shape index (κ1) is 30.8. The quantitative estimate of drug-likeness (QED) is 0.379. The molecule has 0 radical (unpaired) electrons. The fraction of sp³-hybridized carbons (Fsp3) is 0.500. The van der Waals surface area contributed by atoms with Crippen molar-refractivity contribution in [3.8, 4) is 0 Å². The van der Waals surface area contributed by atoms with E-state index < -0.39 is 17.6 Å². The van der Waals surface area contributed by atoms with E-state index in [2.05, 4.69) is 15.1 Å². The van der Waals surface area contributed by atoms with E-state index in [4.69, 9.17) is 11.1 Å². The number of amides is 3. The lowest BCUT2D eigenvalue weighted by Crippen LogP contribution is -2.53. The summed E-state index contributed by atoms with van der Waals surface area (Å²) in [7, 11) is 0. The van der Waals surface area contributed by atoms with Crippen LogP contribution in [0.2, 0.25) is 0 Å². The molecule has 2 aromatic carbocycles. The van der Waals surface area contributed by atoms with Gasteiger partial charge in [0.05, 0.1) is 12.1 Å². The smallest absolute Gasteiger partial charge is 0.256 e. The molecule has 4 N–H and O–H groups in total. The number of piperidine rings is 1. The molecule has 0 atom stereocenters. The van der Waals surface area contributed by atoms with Gasteiger partial charge in [-0.2, -0.15) is 0 Å². The molecule has 10 nitrogen and oxygen atoms in total. The van der Waals surface area contributed by atoms with Crippen LogP contribution >= 0.6 is 0 Å². The molecule has 0 spiro atoms. The van der Waals surface area contributed by atoms with E-state index in [1.807, 2.05) is 0 Å². The fourth-order valence-electron chi connectivity index (χ4n) is 6.31. The van der Waals surface area contributed by atoms with Crippen LogP contribution in [0, 0.1) is 17.1 Å². The van der Waals surface area contributed by atoms with Crippen LogP contribution in [0.15, 0.2) is 42.5 Å². The van der Waals surface area contributed by atoms with Gasteiger partial charge in [0.1, 0.15) is 5.82 Å². The molecule has 0 saturated carbocycles. The van der Waals surface area contributed by atoms with Crippen molar-refractivity contribution in [2.45, 2.75) is 19.3 Å². The molecule has 0 aliphatic carbocycles. The van der Waals surface area contributed by atoms with Crippen LogP contribution in [0.3, 0.4) is 0 Å². The number of hydrogen-bond acceptors (Lipinski definition) is 7. The minimum absolute atomic E-state index is 0.0584. The number of nitrogens with two attached hydrogens (primary N) is 1. The molecule has 3 aliphatic rings. The number of halogens is 1. The highest BCUT2D eigenvalue weighted by atomic mass is 19.1. The van der Waals surface area contributed by atoms with Crippen molar-refractivity contribution in [3.63, 3.8) is 0 Å². The van der Waals surface area contributed by atoms with Crippen LogP contribution in [0.1, 0.15) is 44.7 Å². The van der Waals surface area contributed by atoms with E-state index >= 15 is 0 Å². The monoisotopic (exact) mass is 591 g/mol. The first-order valence-electron chi connectivity index (χ1n) is 15.3. The third-order valence-electron chi connectivity index (χ3n) is 8.87. The highest BCUT2D eigenvalue weighted by molar-refractivity contribution is 6.09. The van der Waals surface area contributed by atoms with Crippen molar-refractivity contribution in [2.75, 3.05) is 78.5 Å². The summed E-state index contributed by atoms with van der Waals surface area (Å²) < 4.78 is 14.8. The van der Waals surface area contributed by atoms with Crippen LogP contribution in [-0.2, 0) is 11.2 Å². The summed E-state index contributed by atoms with van der Waals surface area (Å²) in [6.07, 6.45) is 2.34. The van der Waals surface area contributed by atoms with Gasteiger partial charge in [-0.3, -0.25) is 19.3 Å². The van der Waals surface area contributed by atoms with Gasteiger partial charge in [0.15, 0.2) is 0 Å². The van der Waals surface area contributed by atoms with Gasteiger partial charge in [-0.05, 0) is 55.6 Å². The molecule has 0 aromatic heterocycles. The van der Waals surface area contributed by atoms with Crippen LogP contribution in [-0.4, -0.2) is 122 Å². The van der Waals surface area contributed by atoms with Crippen molar-refractivity contribution >= 4 is 23.4 Å². The molecule has 3 amide bonds. The molecule has 11 heteroatoms. The summed E-state index contributed by atoms with van der Waals surface area (Å²) >= 11 is 0. The number of carbonyl (C=O) groups excluding carboxylic acids is 3. The summed E-state index contributed by atoms with van der Waals surface area (Å²) in [4.78, 5) is 46.3. The van der Waals surface area contributed by atoms with E-state index in [0.29, 0.717) is 49.8 Å². The Bertz CT molecular complexity index is 1330. The van der Waals surface area contributed by atoms with Crippen LogP contribution in [0.5, 0.6) is 0 Å². The molecule has 5 rings (SSSR count). The van der Waals surface area contributed by atoms with Gasteiger partial charge in [-0.1, -0.05) is 24.3 Å². The largest absolute Gasteiger partial charge is 0.366 e. The summed E-state index contributed by atoms with van der Waals surface area (Å²) in [6, 6.07) is 10.9. The molecule has 3 fully saturated rings. The molecule has 43 heavy (non-hydrogen) atoms. The zero-order valence-electron chi connectivity index (χ0n) is 24.7. The van der Waals surface area contributed by atoms with E-state index in [9.17, 15) is 18.8 Å². The zero-order chi connectivity index (χ0) is 30.3. The second-order valence-electron chi connectivity index (χ2n) is 11.8. The summed E-state index contributed by atoms with van der Waals surface area (Å²) in [5.74, 6) is -0.914. The van der Waals surface area contributed by atoms with Gasteiger partial charge in [0.25, 0.3) is 5.91 Å². The second kappa shape index (κ2) is 14.2. The van der Waals surface area contributed by atoms with Crippen molar-refractivity contribution in [3.05, 3.63) is 70.5 Å². The number of hydrogen-bond donors (Lipinski definition) is 3. The number of primary amides is 1. The van der Waals surface area contributed by atoms with Crippen LogP contribution < -0.4 is 11.1 Å². The van der Waals surface area contributed by atoms with Gasteiger partial charge in [0, 0.05) is 82.2 Å². The van der Waals surface area contributed by atoms with Gasteiger partial charge >= 0.3 is 0 Å². The number of rotatable bonds is 9. The van der Waals surface area contributed by atoms with Gasteiger partial charge in [0.2, 0.25) is 11.8 Å². The Morgan fingerprint density at radius 3 is 2.16 bits per heavy atom. The average molecular weight is 592 g/mol. The van der Waals surface area contributed by atoms with Crippen molar-refractivity contribution in [1.82, 2.24) is 24.9 Å². The molecular formula is C32H42FN7O3. The molecule has 0 bridgehead atoms. The maximum absolute atomic E-state index is 14.8. The van der Waals surface area contributed by atoms with Crippen LogP contribution in [0.25, 0.3) is 0 Å². The average Bonchev–Trinajstić information content (AvgIpc) is 3.03. The van der Waals surface area contributed by atoms with Crippen molar-refractivity contribution in [2.24, 2.45) is 11.7 Å². The van der Waals surface area contributed by atoms with E-state index in [0.717, 1.165) is 58.7 Å². The molecule has 3 aliphatic heterocycles. The zero-order valence-corrected chi connectivity index (χ0v) is 24.7. The number of nitrogens with zero attached hydrogens (tertiary/aromatic N) is 4. The fourth-order valence-corrected chi connectivity index (χ4v) is 6.31. The Kier molecular flexibility index (Phi) is 10.2. The Labute approximate surface area is 252 Å². The number of benzene rings is 2. The summed E-state index contributed by atoms with van der Waals surface area (Å²) in [5.41, 5.74) is 6.78. The number of nitrogens with one attached hydrogen (secondary N) is 2. The Balaban J connectivity index is 1.10. The lowest BCUT2D eigenvalue weighted by Gasteiger charge is -2.38. The molecule has 3 saturated heterocycles. The Morgan fingerprint density at radius 2 is 1.49 bits per heavy atom. The van der Waals surface area contributed by atoms with Gasteiger partial charge in [-0.25, -0.2) is 4.39 Å². The Morgan fingerprint density at radius 1 is 0.837 bits per heavy atom. The lowest BCUT2D eigenvalue weighted by atomic mass is 9.96. The predicted molar refractivity (Wildman–Crippen MR) is 163 cm³/mol. The summed E-state index contributed by atoms with van der Waals surface area (Å²) in [6.45, 7) is 9.27. The topological polar surface area (TPSA) is 126 Å². The molecule has 3 heterocycles. The predicted octanol–water partition coefficient (Wildman–Crippen LogP) is 1.44. The summed E-state index contributed by atoms with van der Waals surface area (Å²) in [5, 5.41) is 11.9. The van der Waals surface area contributed by atoms with E-state index in [-0.39, 0.29) is 29.2 Å². The van der Waals surface area contributed by atoms with E-state index in [1.54, 1.807) is 34.1 Å². The van der Waals surface area contributed by atoms with Crippen LogP contribution in [0.4, 0.5) is 4.39 Å². The van der Waals surface area contributed by atoms with Gasteiger partial charge in [-0.15, -0.1) is 0 Å². The Hall–Kier alpha value is -3.67. The molecule has 2 aromatic rings. The van der Waals surface area contributed by atoms with Crippen molar-refractivity contribution < 1.29 is 18.8 Å². The highest BCUT2D eigenvalue weighted by Gasteiger charge is 2.29. The number of likely N-dealkylation sites (tertiary alicyclic amines) is 1. The second-order valence-corrected chi connectivity index (χ2v) is 11.8. The highest BCUT2D eigenvalue weighted by Crippen LogP contribution is 2.20. The number of carbonyl (C=O) groups is 3. The third kappa shape index (κ3) is 7.84. The lowest BCUT2D eigenvalue weighted by molar-refractivity contribution is -0.134. The third-order valence-corrected chi connectivity index (χ3v) is 8.87. The minimum atomic E-state index is -0.628. The number of piperazine rings is 2. The molecule has 0 unspecified atom stereocenters.